The van der Waals surface area contributed by atoms with Gasteiger partial charge in [-0.05, 0) is 92.8 Å². The Balaban J connectivity index is 0.803. The molecular formula is C39H46ClN9O3. The number of aryl methyl sites for hydroxylation is 1. The van der Waals surface area contributed by atoms with E-state index < -0.39 is 0 Å². The number of aromatic nitrogens is 4. The maximum absolute atomic E-state index is 13.0. The number of hydrogen-bond donors (Lipinski definition) is 2. The molecule has 3 aromatic heterocycles. The van der Waals surface area contributed by atoms with Gasteiger partial charge >= 0.3 is 0 Å². The van der Waals surface area contributed by atoms with Crippen LogP contribution in [0.3, 0.4) is 0 Å². The second kappa shape index (κ2) is 16.4. The molecule has 3 fully saturated rings. The number of benzene rings is 1. The number of hydrogen-bond acceptors (Lipinski definition) is 10. The number of amides is 1. The number of piperazine rings is 1. The number of piperidine rings is 1. The van der Waals surface area contributed by atoms with Gasteiger partial charge in [-0.15, -0.1) is 10.2 Å². The van der Waals surface area contributed by atoms with Gasteiger partial charge in [0, 0.05) is 76.2 Å². The number of carbonyl (C=O) groups is 1. The van der Waals surface area contributed by atoms with Crippen molar-refractivity contribution in [1.29, 1.82) is 5.26 Å². The standard InChI is InChI=1S/C39H46ClN9O3/c1-2-28-20-35-36(44-38(28)50)19-27(23-42-35)25-48-17-15-47(16-18-48)24-26-11-13-49(14-12-26)37-10-9-34(45-46-37)39(51)43-30-4-7-31(8-5-30)52-32-6-3-29(22-41)33(40)21-32/h3,6,9-10,19-21,23,26,30-31H,2,4-5,7-8,11-18,24-25H2,1H3,(H,43,51)(H,44,50). The molecule has 12 nitrogen and oxygen atoms in total. The van der Waals surface area contributed by atoms with Crippen molar-refractivity contribution in [2.75, 3.05) is 50.7 Å². The first-order valence-corrected chi connectivity index (χ1v) is 18.9. The average molecular weight is 724 g/mol. The summed E-state index contributed by atoms with van der Waals surface area (Å²) in [5.41, 5.74) is 4.29. The van der Waals surface area contributed by atoms with Gasteiger partial charge in [0.15, 0.2) is 11.5 Å². The van der Waals surface area contributed by atoms with Crippen LogP contribution in [0.25, 0.3) is 11.0 Å². The number of fused-ring (bicyclic) bond motifs is 1. The summed E-state index contributed by atoms with van der Waals surface area (Å²) in [5, 5.41) is 21.3. The molecule has 2 N–H and O–H groups in total. The third kappa shape index (κ3) is 8.72. The molecular weight excluding hydrogens is 678 g/mol. The first kappa shape index (κ1) is 35.8. The molecule has 0 unspecified atom stereocenters. The van der Waals surface area contributed by atoms with Gasteiger partial charge in [-0.25, -0.2) is 0 Å². The summed E-state index contributed by atoms with van der Waals surface area (Å²) in [6, 6.07) is 14.9. The van der Waals surface area contributed by atoms with E-state index in [-0.39, 0.29) is 23.6 Å². The number of anilines is 1. The van der Waals surface area contributed by atoms with Crippen LogP contribution < -0.4 is 20.5 Å². The fraction of sp³-hybridized carbons (Fsp3) is 0.487. The molecule has 0 atom stereocenters. The minimum absolute atomic E-state index is 0.0223. The first-order chi connectivity index (χ1) is 25.3. The van der Waals surface area contributed by atoms with Gasteiger partial charge in [0.1, 0.15) is 11.8 Å². The van der Waals surface area contributed by atoms with E-state index in [4.69, 9.17) is 21.6 Å². The summed E-state index contributed by atoms with van der Waals surface area (Å²) in [7, 11) is 0. The fourth-order valence-electron chi connectivity index (χ4n) is 7.67. The Hall–Kier alpha value is -4.57. The topological polar surface area (TPSA) is 143 Å². The van der Waals surface area contributed by atoms with Crippen molar-refractivity contribution >= 4 is 34.4 Å². The molecule has 1 aromatic carbocycles. The minimum atomic E-state index is -0.197. The highest BCUT2D eigenvalue weighted by atomic mass is 35.5. The van der Waals surface area contributed by atoms with Gasteiger partial charge in [-0.1, -0.05) is 18.5 Å². The highest BCUT2D eigenvalue weighted by molar-refractivity contribution is 6.31. The number of H-pyrrole nitrogens is 1. The Morgan fingerprint density at radius 3 is 2.44 bits per heavy atom. The number of nitriles is 1. The predicted molar refractivity (Wildman–Crippen MR) is 201 cm³/mol. The van der Waals surface area contributed by atoms with E-state index in [1.807, 2.05) is 25.3 Å². The van der Waals surface area contributed by atoms with Gasteiger partial charge in [0.2, 0.25) is 0 Å². The third-order valence-corrected chi connectivity index (χ3v) is 11.1. The van der Waals surface area contributed by atoms with Gasteiger partial charge < -0.3 is 24.8 Å². The van der Waals surface area contributed by atoms with Gasteiger partial charge in [-0.3, -0.25) is 19.5 Å². The second-order valence-electron chi connectivity index (χ2n) is 14.4. The Bertz CT molecular complexity index is 1960. The molecule has 13 heteroatoms. The number of halogens is 1. The SMILES string of the molecule is CCc1cc2ncc(CN3CCN(CC4CCN(c5ccc(C(=O)NC6CCC(Oc7ccc(C#N)c(Cl)c7)CC6)nn5)CC4)CC3)cc2[nH]c1=O. The highest BCUT2D eigenvalue weighted by Crippen LogP contribution is 2.28. The van der Waals surface area contributed by atoms with Crippen LogP contribution in [0.4, 0.5) is 5.82 Å². The van der Waals surface area contributed by atoms with Crippen molar-refractivity contribution in [2.45, 2.75) is 70.6 Å². The van der Waals surface area contributed by atoms with E-state index >= 15 is 0 Å². The molecule has 272 valence electrons. The molecule has 0 bridgehead atoms. The number of nitrogens with one attached hydrogen (secondary N) is 2. The molecule has 0 spiro atoms. The molecule has 5 heterocycles. The third-order valence-electron chi connectivity index (χ3n) is 10.8. The Kier molecular flexibility index (Phi) is 11.3. The lowest BCUT2D eigenvalue weighted by Gasteiger charge is -2.39. The van der Waals surface area contributed by atoms with Crippen molar-refractivity contribution in [2.24, 2.45) is 5.92 Å². The van der Waals surface area contributed by atoms with Crippen molar-refractivity contribution in [1.82, 2.24) is 35.3 Å². The molecule has 1 amide bonds. The van der Waals surface area contributed by atoms with E-state index in [0.29, 0.717) is 34.4 Å². The zero-order chi connectivity index (χ0) is 36.0. The number of carbonyl (C=O) groups excluding carboxylic acids is 1. The van der Waals surface area contributed by atoms with Crippen LogP contribution >= 0.6 is 11.6 Å². The van der Waals surface area contributed by atoms with E-state index in [0.717, 1.165) is 119 Å². The lowest BCUT2D eigenvalue weighted by atomic mass is 9.93. The normalized spacial score (nSPS) is 20.4. The number of aromatic amines is 1. The van der Waals surface area contributed by atoms with Crippen LogP contribution in [-0.2, 0) is 13.0 Å². The maximum Gasteiger partial charge on any atom is 0.272 e. The molecule has 4 aromatic rings. The Morgan fingerprint density at radius 2 is 1.75 bits per heavy atom. The summed E-state index contributed by atoms with van der Waals surface area (Å²) < 4.78 is 6.08. The van der Waals surface area contributed by atoms with Crippen molar-refractivity contribution < 1.29 is 9.53 Å². The summed E-state index contributed by atoms with van der Waals surface area (Å²) in [6.07, 6.45) is 8.14. The van der Waals surface area contributed by atoms with E-state index in [1.165, 1.54) is 0 Å². The van der Waals surface area contributed by atoms with E-state index in [9.17, 15) is 9.59 Å². The lowest BCUT2D eigenvalue weighted by Crippen LogP contribution is -2.48. The molecule has 1 saturated carbocycles. The van der Waals surface area contributed by atoms with Crippen LogP contribution in [0.2, 0.25) is 5.02 Å². The molecule has 2 aliphatic heterocycles. The lowest BCUT2D eigenvalue weighted by molar-refractivity contribution is 0.0888. The smallest absolute Gasteiger partial charge is 0.272 e. The van der Waals surface area contributed by atoms with Crippen LogP contribution in [-0.4, -0.2) is 93.8 Å². The Labute approximate surface area is 309 Å². The summed E-state index contributed by atoms with van der Waals surface area (Å²) in [5.74, 6) is 1.93. The first-order valence-electron chi connectivity index (χ1n) is 18.5. The van der Waals surface area contributed by atoms with Crippen molar-refractivity contribution in [3.63, 3.8) is 0 Å². The fourth-order valence-corrected chi connectivity index (χ4v) is 7.88. The number of nitrogens with zero attached hydrogens (tertiary/aromatic N) is 7. The molecule has 7 rings (SSSR count). The average Bonchev–Trinajstić information content (AvgIpc) is 3.16. The van der Waals surface area contributed by atoms with Gasteiger partial charge in [0.25, 0.3) is 11.5 Å². The number of rotatable bonds is 10. The molecule has 1 aliphatic carbocycles. The largest absolute Gasteiger partial charge is 0.490 e. The highest BCUT2D eigenvalue weighted by Gasteiger charge is 2.27. The van der Waals surface area contributed by atoms with Crippen molar-refractivity contribution in [3.05, 3.63) is 86.4 Å². The maximum atomic E-state index is 13.0. The van der Waals surface area contributed by atoms with Crippen LogP contribution in [0.15, 0.2) is 53.5 Å². The van der Waals surface area contributed by atoms with Crippen LogP contribution in [0, 0.1) is 17.2 Å². The molecule has 3 aliphatic rings. The van der Waals surface area contributed by atoms with Gasteiger partial charge in [0.05, 0.1) is 27.7 Å². The van der Waals surface area contributed by atoms with E-state index in [2.05, 4.69) is 52.3 Å². The zero-order valence-electron chi connectivity index (χ0n) is 29.7. The van der Waals surface area contributed by atoms with Crippen LogP contribution in [0.1, 0.15) is 72.6 Å². The molecule has 2 saturated heterocycles. The summed E-state index contributed by atoms with van der Waals surface area (Å²) >= 11 is 6.14. The second-order valence-corrected chi connectivity index (χ2v) is 14.8. The Morgan fingerprint density at radius 1 is 0.981 bits per heavy atom. The quantitative estimate of drug-likeness (QED) is 0.231. The molecule has 52 heavy (non-hydrogen) atoms. The van der Waals surface area contributed by atoms with E-state index in [1.54, 1.807) is 24.3 Å². The summed E-state index contributed by atoms with van der Waals surface area (Å²) in [6.45, 7) is 9.94. The van der Waals surface area contributed by atoms with Crippen LogP contribution in [0.5, 0.6) is 5.75 Å². The molecule has 0 radical (unpaired) electrons. The predicted octanol–water partition coefficient (Wildman–Crippen LogP) is 4.95. The van der Waals surface area contributed by atoms with Crippen molar-refractivity contribution in [3.8, 4) is 11.8 Å². The van der Waals surface area contributed by atoms with Gasteiger partial charge in [-0.2, -0.15) is 5.26 Å². The zero-order valence-corrected chi connectivity index (χ0v) is 30.4. The monoisotopic (exact) mass is 723 g/mol. The minimum Gasteiger partial charge on any atom is -0.490 e. The number of ether oxygens (including phenoxy) is 1. The summed E-state index contributed by atoms with van der Waals surface area (Å²) in [4.78, 5) is 40.2. The number of pyridine rings is 2.